The molecule has 0 bridgehead atoms. The Kier molecular flexibility index (Phi) is 55.9. The zero-order valence-corrected chi connectivity index (χ0v) is 45.1. The monoisotopic (exact) mass is 947 g/mol. The van der Waals surface area contributed by atoms with Gasteiger partial charge in [0.25, 0.3) is 0 Å². The van der Waals surface area contributed by atoms with Crippen LogP contribution >= 0.6 is 0 Å². The number of ether oxygens (including phenoxy) is 3. The normalized spacial score (nSPS) is 12.8. The van der Waals surface area contributed by atoms with Crippen LogP contribution in [0.5, 0.6) is 0 Å². The Hall–Kier alpha value is -2.92. The van der Waals surface area contributed by atoms with Crippen molar-refractivity contribution in [3.63, 3.8) is 0 Å². The first-order valence-corrected chi connectivity index (χ1v) is 29.1. The van der Waals surface area contributed by atoms with Crippen molar-refractivity contribution in [3.05, 3.63) is 85.1 Å². The maximum absolute atomic E-state index is 12.9. The van der Waals surface area contributed by atoms with Crippen LogP contribution in [-0.4, -0.2) is 37.9 Å². The van der Waals surface area contributed by atoms with Crippen LogP contribution in [0.25, 0.3) is 0 Å². The van der Waals surface area contributed by atoms with E-state index in [9.17, 15) is 9.59 Å². The molecule has 0 saturated carbocycles. The third-order valence-electron chi connectivity index (χ3n) is 12.4. The molecule has 0 amide bonds. The van der Waals surface area contributed by atoms with Crippen LogP contribution in [0, 0.1) is 0 Å². The van der Waals surface area contributed by atoms with Gasteiger partial charge in [0, 0.05) is 19.4 Å². The molecule has 0 rings (SSSR count). The molecule has 1 atom stereocenters. The number of esters is 2. The second kappa shape index (κ2) is 58.4. The minimum atomic E-state index is -0.554. The number of carbonyl (C=O) groups is 2. The Morgan fingerprint density at radius 2 is 0.662 bits per heavy atom. The van der Waals surface area contributed by atoms with E-state index in [-0.39, 0.29) is 25.2 Å². The molecule has 0 N–H and O–H groups in total. The Morgan fingerprint density at radius 3 is 1.07 bits per heavy atom. The van der Waals surface area contributed by atoms with Gasteiger partial charge in [0.1, 0.15) is 6.61 Å². The zero-order chi connectivity index (χ0) is 49.2. The lowest BCUT2D eigenvalue weighted by molar-refractivity contribution is -0.163. The third-order valence-corrected chi connectivity index (χ3v) is 12.4. The molecule has 0 aliphatic rings. The molecule has 68 heavy (non-hydrogen) atoms. The van der Waals surface area contributed by atoms with Crippen LogP contribution in [0.2, 0.25) is 0 Å². The average molecular weight is 948 g/mol. The van der Waals surface area contributed by atoms with Gasteiger partial charge in [-0.25, -0.2) is 0 Å². The molecule has 1 unspecified atom stereocenters. The highest BCUT2D eigenvalue weighted by Gasteiger charge is 2.17. The molecular formula is C63H110O5. The molecule has 392 valence electrons. The van der Waals surface area contributed by atoms with Crippen LogP contribution in [0.3, 0.4) is 0 Å². The number of hydrogen-bond acceptors (Lipinski definition) is 5. The predicted octanol–water partition coefficient (Wildman–Crippen LogP) is 20.0. The fraction of sp³-hybridized carbons (Fsp3) is 0.746. The maximum atomic E-state index is 12.9. The lowest BCUT2D eigenvalue weighted by Crippen LogP contribution is -2.30. The van der Waals surface area contributed by atoms with Gasteiger partial charge in [0.2, 0.25) is 0 Å². The number of unbranched alkanes of at least 4 members (excludes halogenated alkanes) is 28. The summed E-state index contributed by atoms with van der Waals surface area (Å²) in [5, 5.41) is 0. The average Bonchev–Trinajstić information content (AvgIpc) is 3.34. The van der Waals surface area contributed by atoms with Crippen molar-refractivity contribution in [3.8, 4) is 0 Å². The molecule has 0 aromatic heterocycles. The summed E-state index contributed by atoms with van der Waals surface area (Å²) in [7, 11) is 0. The van der Waals surface area contributed by atoms with Gasteiger partial charge in [-0.3, -0.25) is 9.59 Å². The highest BCUT2D eigenvalue weighted by atomic mass is 16.6. The molecule has 5 nitrogen and oxygen atoms in total. The highest BCUT2D eigenvalue weighted by Crippen LogP contribution is 2.15. The second-order valence-corrected chi connectivity index (χ2v) is 19.1. The minimum absolute atomic E-state index is 0.0702. The molecule has 0 aromatic rings. The van der Waals surface area contributed by atoms with E-state index >= 15 is 0 Å². The van der Waals surface area contributed by atoms with E-state index in [1.54, 1.807) is 0 Å². The number of allylic oxidation sites excluding steroid dienone is 14. The first-order valence-electron chi connectivity index (χ1n) is 29.1. The van der Waals surface area contributed by atoms with E-state index < -0.39 is 6.10 Å². The van der Waals surface area contributed by atoms with E-state index in [4.69, 9.17) is 14.2 Å². The third kappa shape index (κ3) is 55.7. The molecule has 5 heteroatoms. The van der Waals surface area contributed by atoms with Crippen molar-refractivity contribution < 1.29 is 23.8 Å². The number of carbonyl (C=O) groups excluding carboxylic acids is 2. The molecule has 0 aliphatic heterocycles. The summed E-state index contributed by atoms with van der Waals surface area (Å²) in [5.74, 6) is -0.423. The SMILES string of the molecule is CC/C=C\C/C=C\C/C=C\CCCCCCCCCC(=O)OCC(COCCCCCCCCCCCC/C=C\CCCCCCCC)OC(=O)CCCCCCC/C=C\C/C=C\C/C=C\CC. The van der Waals surface area contributed by atoms with E-state index in [1.165, 1.54) is 141 Å². The zero-order valence-electron chi connectivity index (χ0n) is 45.1. The summed E-state index contributed by atoms with van der Waals surface area (Å²) in [6, 6.07) is 0. The lowest BCUT2D eigenvalue weighted by atomic mass is 10.1. The van der Waals surface area contributed by atoms with Crippen LogP contribution in [-0.2, 0) is 23.8 Å². The summed E-state index contributed by atoms with van der Waals surface area (Å²) in [5.41, 5.74) is 0. The molecule has 0 heterocycles. The Morgan fingerprint density at radius 1 is 0.338 bits per heavy atom. The van der Waals surface area contributed by atoms with Crippen molar-refractivity contribution in [2.75, 3.05) is 19.8 Å². The van der Waals surface area contributed by atoms with E-state index in [2.05, 4.69) is 106 Å². The fourth-order valence-electron chi connectivity index (χ4n) is 8.12. The standard InChI is InChI=1S/C63H110O5/c1-4-7-10-13-16-19-22-25-28-30-31-32-34-37-40-43-46-49-52-55-58-66-59-61(68-63(65)57-54-51-48-45-42-39-35-27-24-21-18-15-12-9-6-3)60-67-62(64)56-53-50-47-44-41-38-36-33-29-26-23-20-17-14-11-8-5-2/h8-9,11-12,17-18,20-21,25-29,35,61H,4-7,10,13-16,19,22-24,30-34,36-60H2,1-3H3/b11-8-,12-9-,20-17-,21-18-,28-25-,29-26-,35-27-. The quantitative estimate of drug-likeness (QED) is 0.0345. The van der Waals surface area contributed by atoms with Gasteiger partial charge >= 0.3 is 11.9 Å². The fourth-order valence-corrected chi connectivity index (χ4v) is 8.12. The largest absolute Gasteiger partial charge is 0.462 e. The van der Waals surface area contributed by atoms with Gasteiger partial charge < -0.3 is 14.2 Å². The van der Waals surface area contributed by atoms with Gasteiger partial charge in [-0.05, 0) is 109 Å². The van der Waals surface area contributed by atoms with E-state index in [0.29, 0.717) is 19.4 Å². The topological polar surface area (TPSA) is 61.8 Å². The predicted molar refractivity (Wildman–Crippen MR) is 297 cm³/mol. The summed E-state index contributed by atoms with van der Waals surface area (Å²) in [6.45, 7) is 7.60. The van der Waals surface area contributed by atoms with E-state index in [1.807, 2.05) is 0 Å². The maximum Gasteiger partial charge on any atom is 0.306 e. The summed E-state index contributed by atoms with van der Waals surface area (Å²) < 4.78 is 17.5. The van der Waals surface area contributed by atoms with Crippen molar-refractivity contribution in [2.45, 2.75) is 284 Å². The summed E-state index contributed by atoms with van der Waals surface area (Å²) >= 11 is 0. The van der Waals surface area contributed by atoms with Crippen molar-refractivity contribution in [2.24, 2.45) is 0 Å². The highest BCUT2D eigenvalue weighted by molar-refractivity contribution is 5.70. The molecule has 0 fully saturated rings. The van der Waals surface area contributed by atoms with Crippen LogP contribution < -0.4 is 0 Å². The molecule has 0 saturated heterocycles. The van der Waals surface area contributed by atoms with Crippen molar-refractivity contribution >= 4 is 11.9 Å². The first kappa shape index (κ1) is 65.1. The van der Waals surface area contributed by atoms with Crippen molar-refractivity contribution in [1.29, 1.82) is 0 Å². The van der Waals surface area contributed by atoms with Gasteiger partial charge in [-0.15, -0.1) is 0 Å². The molecule has 0 radical (unpaired) electrons. The van der Waals surface area contributed by atoms with Crippen LogP contribution in [0.1, 0.15) is 278 Å². The second-order valence-electron chi connectivity index (χ2n) is 19.1. The molecular weight excluding hydrogens is 837 g/mol. The Labute approximate surface area is 422 Å². The van der Waals surface area contributed by atoms with Gasteiger partial charge in [-0.2, -0.15) is 0 Å². The van der Waals surface area contributed by atoms with Gasteiger partial charge in [-0.1, -0.05) is 241 Å². The molecule has 0 aliphatic carbocycles. The summed E-state index contributed by atoms with van der Waals surface area (Å²) in [6.07, 6.45) is 77.5. The Balaban J connectivity index is 4.29. The number of rotatable bonds is 53. The van der Waals surface area contributed by atoms with E-state index in [0.717, 1.165) is 103 Å². The van der Waals surface area contributed by atoms with Gasteiger partial charge in [0.15, 0.2) is 6.10 Å². The first-order chi connectivity index (χ1) is 33.6. The van der Waals surface area contributed by atoms with Crippen LogP contribution in [0.4, 0.5) is 0 Å². The Bertz CT molecular complexity index is 1250. The lowest BCUT2D eigenvalue weighted by Gasteiger charge is -2.18. The molecule has 0 spiro atoms. The smallest absolute Gasteiger partial charge is 0.306 e. The number of hydrogen-bond donors (Lipinski definition) is 0. The van der Waals surface area contributed by atoms with Gasteiger partial charge in [0.05, 0.1) is 6.61 Å². The summed E-state index contributed by atoms with van der Waals surface area (Å²) in [4.78, 5) is 25.5. The van der Waals surface area contributed by atoms with Crippen molar-refractivity contribution in [1.82, 2.24) is 0 Å². The molecule has 0 aromatic carbocycles. The van der Waals surface area contributed by atoms with Crippen LogP contribution in [0.15, 0.2) is 85.1 Å². The minimum Gasteiger partial charge on any atom is -0.462 e.